The molecule has 0 bridgehead atoms. The van der Waals surface area contributed by atoms with Gasteiger partial charge in [0, 0.05) is 38.4 Å². The van der Waals surface area contributed by atoms with Crippen LogP contribution in [0, 0.1) is 0 Å². The normalized spacial score (nSPS) is 14.8. The Morgan fingerprint density at radius 3 is 2.19 bits per heavy atom. The molecule has 2 aromatic carbocycles. The molecule has 1 amide bonds. The zero-order chi connectivity index (χ0) is 22.1. The SMILES string of the molecule is CCCOC(=O)c1ccc(NC(=O)CN2CCN(Cc3ccc(OC)cc3)CC2)cc1. The Morgan fingerprint density at radius 2 is 1.58 bits per heavy atom. The first-order valence-corrected chi connectivity index (χ1v) is 10.7. The van der Waals surface area contributed by atoms with Gasteiger partial charge in [-0.3, -0.25) is 14.6 Å². The van der Waals surface area contributed by atoms with E-state index in [1.807, 2.05) is 19.1 Å². The second-order valence-corrected chi connectivity index (χ2v) is 7.66. The fraction of sp³-hybridized carbons (Fsp3) is 0.417. The summed E-state index contributed by atoms with van der Waals surface area (Å²) in [5.74, 6) is 0.475. The van der Waals surface area contributed by atoms with Gasteiger partial charge in [0.2, 0.25) is 5.91 Å². The number of nitrogens with one attached hydrogen (secondary N) is 1. The molecule has 0 unspecified atom stereocenters. The van der Waals surface area contributed by atoms with E-state index in [1.165, 1.54) is 5.56 Å². The first-order chi connectivity index (χ1) is 15.1. The highest BCUT2D eigenvalue weighted by Gasteiger charge is 2.19. The fourth-order valence-electron chi connectivity index (χ4n) is 3.47. The van der Waals surface area contributed by atoms with Crippen molar-refractivity contribution in [3.63, 3.8) is 0 Å². The lowest BCUT2D eigenvalue weighted by atomic mass is 10.2. The number of anilines is 1. The van der Waals surface area contributed by atoms with Gasteiger partial charge in [-0.2, -0.15) is 0 Å². The number of nitrogens with zero attached hydrogens (tertiary/aromatic N) is 2. The standard InChI is InChI=1S/C24H31N3O4/c1-3-16-31-24(29)20-6-8-21(9-7-20)25-23(28)18-27-14-12-26(13-15-27)17-19-4-10-22(30-2)11-5-19/h4-11H,3,12-18H2,1-2H3,(H,25,28). The Bertz CT molecular complexity index is 844. The number of ether oxygens (including phenoxy) is 2. The monoisotopic (exact) mass is 425 g/mol. The van der Waals surface area contributed by atoms with Crippen molar-refractivity contribution < 1.29 is 19.1 Å². The number of carbonyl (C=O) groups excluding carboxylic acids is 2. The minimum atomic E-state index is -0.341. The molecule has 1 heterocycles. The number of carbonyl (C=O) groups is 2. The van der Waals surface area contributed by atoms with Crippen molar-refractivity contribution in [1.82, 2.24) is 9.80 Å². The van der Waals surface area contributed by atoms with Crippen LogP contribution in [0.15, 0.2) is 48.5 Å². The Kier molecular flexibility index (Phi) is 8.44. The van der Waals surface area contributed by atoms with E-state index in [2.05, 4.69) is 27.2 Å². The highest BCUT2D eigenvalue weighted by atomic mass is 16.5. The fourth-order valence-corrected chi connectivity index (χ4v) is 3.47. The third kappa shape index (κ3) is 7.08. The summed E-state index contributed by atoms with van der Waals surface area (Å²) in [5, 5.41) is 2.90. The average Bonchev–Trinajstić information content (AvgIpc) is 2.79. The van der Waals surface area contributed by atoms with Crippen LogP contribution in [0.1, 0.15) is 29.3 Å². The van der Waals surface area contributed by atoms with Crippen LogP contribution in [0.4, 0.5) is 5.69 Å². The van der Waals surface area contributed by atoms with Crippen molar-refractivity contribution in [2.75, 3.05) is 51.8 Å². The summed E-state index contributed by atoms with van der Waals surface area (Å²) in [7, 11) is 1.67. The van der Waals surface area contributed by atoms with Gasteiger partial charge >= 0.3 is 5.97 Å². The van der Waals surface area contributed by atoms with Crippen LogP contribution in [-0.4, -0.2) is 68.1 Å². The van der Waals surface area contributed by atoms with E-state index in [-0.39, 0.29) is 11.9 Å². The van der Waals surface area contributed by atoms with Gasteiger partial charge in [0.15, 0.2) is 0 Å². The maximum Gasteiger partial charge on any atom is 0.338 e. The number of hydrogen-bond donors (Lipinski definition) is 1. The maximum absolute atomic E-state index is 12.4. The molecule has 31 heavy (non-hydrogen) atoms. The van der Waals surface area contributed by atoms with E-state index in [0.29, 0.717) is 24.4 Å². The molecule has 2 aromatic rings. The van der Waals surface area contributed by atoms with Gasteiger partial charge in [-0.1, -0.05) is 19.1 Å². The van der Waals surface area contributed by atoms with Crippen molar-refractivity contribution >= 4 is 17.6 Å². The van der Waals surface area contributed by atoms with Crippen LogP contribution in [0.5, 0.6) is 5.75 Å². The molecule has 1 aliphatic heterocycles. The van der Waals surface area contributed by atoms with Crippen LogP contribution >= 0.6 is 0 Å². The van der Waals surface area contributed by atoms with E-state index >= 15 is 0 Å². The van der Waals surface area contributed by atoms with Crippen LogP contribution < -0.4 is 10.1 Å². The summed E-state index contributed by atoms with van der Waals surface area (Å²) in [4.78, 5) is 28.8. The molecule has 7 heteroatoms. The van der Waals surface area contributed by atoms with E-state index < -0.39 is 0 Å². The number of hydrogen-bond acceptors (Lipinski definition) is 6. The number of esters is 1. The molecule has 3 rings (SSSR count). The topological polar surface area (TPSA) is 71.1 Å². The molecule has 0 spiro atoms. The molecule has 0 radical (unpaired) electrons. The molecule has 1 fully saturated rings. The summed E-state index contributed by atoms with van der Waals surface area (Å²) >= 11 is 0. The van der Waals surface area contributed by atoms with Crippen LogP contribution in [-0.2, 0) is 16.1 Å². The highest BCUT2D eigenvalue weighted by molar-refractivity contribution is 5.94. The zero-order valence-corrected chi connectivity index (χ0v) is 18.3. The first kappa shape index (κ1) is 22.8. The quantitative estimate of drug-likeness (QED) is 0.623. The molecule has 1 aliphatic rings. The second-order valence-electron chi connectivity index (χ2n) is 7.66. The van der Waals surface area contributed by atoms with Gasteiger partial charge in [-0.25, -0.2) is 4.79 Å². The summed E-state index contributed by atoms with van der Waals surface area (Å²) in [5.41, 5.74) is 2.42. The molecule has 0 atom stereocenters. The third-order valence-electron chi connectivity index (χ3n) is 5.24. The molecular weight excluding hydrogens is 394 g/mol. The summed E-state index contributed by atoms with van der Waals surface area (Å²) < 4.78 is 10.3. The van der Waals surface area contributed by atoms with Gasteiger partial charge in [0.05, 0.1) is 25.8 Å². The Morgan fingerprint density at radius 1 is 0.935 bits per heavy atom. The van der Waals surface area contributed by atoms with E-state index in [9.17, 15) is 9.59 Å². The smallest absolute Gasteiger partial charge is 0.338 e. The lowest BCUT2D eigenvalue weighted by molar-refractivity contribution is -0.117. The highest BCUT2D eigenvalue weighted by Crippen LogP contribution is 2.15. The van der Waals surface area contributed by atoms with Crippen molar-refractivity contribution in [2.24, 2.45) is 0 Å². The summed E-state index contributed by atoms with van der Waals surface area (Å²) in [6.45, 7) is 7.17. The summed E-state index contributed by atoms with van der Waals surface area (Å²) in [6, 6.07) is 14.9. The van der Waals surface area contributed by atoms with E-state index in [1.54, 1.807) is 31.4 Å². The number of benzene rings is 2. The lowest BCUT2D eigenvalue weighted by Gasteiger charge is -2.34. The molecule has 1 N–H and O–H groups in total. The van der Waals surface area contributed by atoms with Gasteiger partial charge in [-0.15, -0.1) is 0 Å². The lowest BCUT2D eigenvalue weighted by Crippen LogP contribution is -2.48. The number of rotatable bonds is 9. The third-order valence-corrected chi connectivity index (χ3v) is 5.24. The predicted molar refractivity (Wildman–Crippen MR) is 120 cm³/mol. The molecule has 0 saturated carbocycles. The Labute approximate surface area is 183 Å². The van der Waals surface area contributed by atoms with E-state index in [0.717, 1.165) is 44.9 Å². The molecule has 0 aliphatic carbocycles. The first-order valence-electron chi connectivity index (χ1n) is 10.7. The number of amides is 1. The van der Waals surface area contributed by atoms with Gasteiger partial charge in [-0.05, 0) is 48.4 Å². The Balaban J connectivity index is 1.40. The molecule has 0 aromatic heterocycles. The maximum atomic E-state index is 12.4. The largest absolute Gasteiger partial charge is 0.497 e. The minimum Gasteiger partial charge on any atom is -0.497 e. The zero-order valence-electron chi connectivity index (χ0n) is 18.3. The van der Waals surface area contributed by atoms with E-state index in [4.69, 9.17) is 9.47 Å². The van der Waals surface area contributed by atoms with Crippen molar-refractivity contribution in [3.05, 3.63) is 59.7 Å². The number of methoxy groups -OCH3 is 1. The minimum absolute atomic E-state index is 0.0510. The van der Waals surface area contributed by atoms with Gasteiger partial charge in [0.25, 0.3) is 0 Å². The van der Waals surface area contributed by atoms with Crippen molar-refractivity contribution in [2.45, 2.75) is 19.9 Å². The molecule has 7 nitrogen and oxygen atoms in total. The van der Waals surface area contributed by atoms with Crippen molar-refractivity contribution in [1.29, 1.82) is 0 Å². The molecular formula is C24H31N3O4. The summed E-state index contributed by atoms with van der Waals surface area (Å²) in [6.07, 6.45) is 0.787. The van der Waals surface area contributed by atoms with Crippen LogP contribution in [0.25, 0.3) is 0 Å². The molecule has 1 saturated heterocycles. The van der Waals surface area contributed by atoms with Crippen molar-refractivity contribution in [3.8, 4) is 5.75 Å². The molecule has 166 valence electrons. The van der Waals surface area contributed by atoms with Gasteiger partial charge in [0.1, 0.15) is 5.75 Å². The predicted octanol–water partition coefficient (Wildman–Crippen LogP) is 3.02. The average molecular weight is 426 g/mol. The second kappa shape index (κ2) is 11.5. The number of piperazine rings is 1. The van der Waals surface area contributed by atoms with Crippen LogP contribution in [0.3, 0.4) is 0 Å². The van der Waals surface area contributed by atoms with Gasteiger partial charge < -0.3 is 14.8 Å². The van der Waals surface area contributed by atoms with Crippen LogP contribution in [0.2, 0.25) is 0 Å². The Hall–Kier alpha value is -2.90.